The summed E-state index contributed by atoms with van der Waals surface area (Å²) < 4.78 is 29.1. The van der Waals surface area contributed by atoms with E-state index < -0.39 is 9.84 Å². The highest BCUT2D eigenvalue weighted by Crippen LogP contribution is 2.45. The average molecular weight is 318 g/mol. The first-order valence-corrected chi connectivity index (χ1v) is 9.10. The molecule has 6 heteroatoms. The van der Waals surface area contributed by atoms with E-state index in [2.05, 4.69) is 0 Å². The number of fused-ring (bicyclic) bond motifs is 5. The van der Waals surface area contributed by atoms with E-state index in [9.17, 15) is 18.0 Å². The van der Waals surface area contributed by atoms with Gasteiger partial charge in [0.1, 0.15) is 16.9 Å². The van der Waals surface area contributed by atoms with E-state index in [4.69, 9.17) is 4.42 Å². The van der Waals surface area contributed by atoms with Crippen molar-refractivity contribution >= 4 is 26.6 Å². The predicted octanol–water partition coefficient (Wildman–Crippen LogP) is 2.28. The smallest absolute Gasteiger partial charge is 0.203 e. The van der Waals surface area contributed by atoms with E-state index in [1.54, 1.807) is 0 Å². The van der Waals surface area contributed by atoms with E-state index in [0.29, 0.717) is 5.76 Å². The Morgan fingerprint density at radius 1 is 1.14 bits per heavy atom. The first-order valence-electron chi connectivity index (χ1n) is 7.21. The van der Waals surface area contributed by atoms with Crippen LogP contribution in [0.5, 0.6) is 0 Å². The maximum absolute atomic E-state index is 12.6. The molecule has 0 radical (unpaired) electrons. The SMILES string of the molecule is CS(=O)(=O)c1ccc2c(=O)c3c(oc2c1)C1CCC(C1)C3=O. The highest BCUT2D eigenvalue weighted by molar-refractivity contribution is 7.90. The Labute approximate surface area is 126 Å². The topological polar surface area (TPSA) is 81.4 Å². The van der Waals surface area contributed by atoms with Gasteiger partial charge in [-0.05, 0) is 31.4 Å². The molecule has 1 aromatic carbocycles. The summed E-state index contributed by atoms with van der Waals surface area (Å²) in [7, 11) is -3.38. The fraction of sp³-hybridized carbons (Fsp3) is 0.375. The van der Waals surface area contributed by atoms with E-state index in [1.165, 1.54) is 18.2 Å². The molecule has 0 N–H and O–H groups in total. The van der Waals surface area contributed by atoms with Gasteiger partial charge < -0.3 is 4.42 Å². The molecule has 1 saturated carbocycles. The largest absolute Gasteiger partial charge is 0.460 e. The third-order valence-corrected chi connectivity index (χ3v) is 5.85. The van der Waals surface area contributed by atoms with Crippen molar-refractivity contribution in [3.8, 4) is 0 Å². The summed E-state index contributed by atoms with van der Waals surface area (Å²) in [4.78, 5) is 25.1. The van der Waals surface area contributed by atoms with Crippen LogP contribution in [0.25, 0.3) is 11.0 Å². The van der Waals surface area contributed by atoms with Crippen LogP contribution < -0.4 is 5.43 Å². The van der Waals surface area contributed by atoms with Gasteiger partial charge in [0.15, 0.2) is 15.6 Å². The van der Waals surface area contributed by atoms with E-state index in [0.717, 1.165) is 25.5 Å². The lowest BCUT2D eigenvalue weighted by Gasteiger charge is -2.20. The van der Waals surface area contributed by atoms with E-state index in [-0.39, 0.29) is 44.5 Å². The summed E-state index contributed by atoms with van der Waals surface area (Å²) in [5, 5.41) is 0.265. The maximum Gasteiger partial charge on any atom is 0.203 e. The molecule has 2 unspecified atom stereocenters. The van der Waals surface area contributed by atoms with E-state index in [1.807, 2.05) is 0 Å². The number of carbonyl (C=O) groups is 1. The fourth-order valence-corrected chi connectivity index (χ4v) is 4.24. The fourth-order valence-electron chi connectivity index (χ4n) is 3.60. The zero-order chi connectivity index (χ0) is 15.6. The lowest BCUT2D eigenvalue weighted by Crippen LogP contribution is -2.27. The van der Waals surface area contributed by atoms with Gasteiger partial charge in [-0.3, -0.25) is 9.59 Å². The molecule has 0 saturated heterocycles. The number of Topliss-reactive ketones (excluding diaryl/α,β-unsaturated/α-hetero) is 1. The predicted molar refractivity (Wildman–Crippen MR) is 80.0 cm³/mol. The van der Waals surface area contributed by atoms with E-state index >= 15 is 0 Å². The summed E-state index contributed by atoms with van der Waals surface area (Å²) in [6.07, 6.45) is 3.46. The lowest BCUT2D eigenvalue weighted by atomic mass is 9.85. The second-order valence-corrected chi connectivity index (χ2v) is 8.19. The molecule has 2 aliphatic carbocycles. The molecule has 0 aliphatic heterocycles. The number of ketones is 1. The van der Waals surface area contributed by atoms with Crippen molar-refractivity contribution in [1.29, 1.82) is 0 Å². The number of benzene rings is 1. The van der Waals surface area contributed by atoms with Gasteiger partial charge in [-0.2, -0.15) is 0 Å². The van der Waals surface area contributed by atoms with Gasteiger partial charge >= 0.3 is 0 Å². The molecule has 2 aliphatic rings. The molecule has 4 rings (SSSR count). The molecular weight excluding hydrogens is 304 g/mol. The van der Waals surface area contributed by atoms with Crippen molar-refractivity contribution in [1.82, 2.24) is 0 Å². The molecule has 114 valence electrons. The number of sulfone groups is 1. The summed E-state index contributed by atoms with van der Waals surface area (Å²) >= 11 is 0. The molecular formula is C16H14O5S. The third-order valence-electron chi connectivity index (χ3n) is 4.74. The number of carbonyl (C=O) groups excluding carboxylic acids is 1. The Morgan fingerprint density at radius 2 is 1.86 bits per heavy atom. The van der Waals surface area contributed by atoms with Crippen LogP contribution in [0.1, 0.15) is 41.3 Å². The molecule has 0 spiro atoms. The average Bonchev–Trinajstić information content (AvgIpc) is 2.90. The zero-order valence-corrected chi connectivity index (χ0v) is 12.8. The van der Waals surface area contributed by atoms with Gasteiger partial charge in [-0.1, -0.05) is 0 Å². The Hall–Kier alpha value is -1.95. The first kappa shape index (κ1) is 13.7. The second-order valence-electron chi connectivity index (χ2n) is 6.17. The second kappa shape index (κ2) is 4.29. The first-order chi connectivity index (χ1) is 10.4. The zero-order valence-electron chi connectivity index (χ0n) is 12.0. The summed E-state index contributed by atoms with van der Waals surface area (Å²) in [5.41, 5.74) is 0.0843. The molecule has 1 fully saturated rings. The highest BCUT2D eigenvalue weighted by atomic mass is 32.2. The minimum atomic E-state index is -3.38. The summed E-state index contributed by atoms with van der Waals surface area (Å²) in [5.74, 6) is 0.360. The standard InChI is InChI=1S/C16H14O5S/c1-22(19,20)10-4-5-11-12(7-10)21-16-9-3-2-8(6-9)14(17)13(16)15(11)18/h4-5,7-9H,2-3,6H2,1H3. The number of hydrogen-bond acceptors (Lipinski definition) is 5. The van der Waals surface area contributed by atoms with Gasteiger partial charge in [-0.25, -0.2) is 8.42 Å². The highest BCUT2D eigenvalue weighted by Gasteiger charge is 2.42. The quantitative estimate of drug-likeness (QED) is 0.805. The van der Waals surface area contributed by atoms with Crippen LogP contribution in [0.15, 0.2) is 32.3 Å². The molecule has 2 atom stereocenters. The van der Waals surface area contributed by atoms with Crippen molar-refractivity contribution in [2.75, 3.05) is 6.26 Å². The minimum absolute atomic E-state index is 0.0619. The van der Waals surface area contributed by atoms with Crippen LogP contribution in [0.3, 0.4) is 0 Å². The minimum Gasteiger partial charge on any atom is -0.460 e. The van der Waals surface area contributed by atoms with Crippen molar-refractivity contribution in [2.45, 2.75) is 30.1 Å². The van der Waals surface area contributed by atoms with Gasteiger partial charge in [0.25, 0.3) is 0 Å². The van der Waals surface area contributed by atoms with Crippen LogP contribution in [0.2, 0.25) is 0 Å². The van der Waals surface area contributed by atoms with Crippen molar-refractivity contribution in [3.63, 3.8) is 0 Å². The van der Waals surface area contributed by atoms with Gasteiger partial charge in [0.2, 0.25) is 5.43 Å². The summed E-state index contributed by atoms with van der Waals surface area (Å²) in [6.45, 7) is 0. The third kappa shape index (κ3) is 1.80. The van der Waals surface area contributed by atoms with Crippen molar-refractivity contribution in [3.05, 3.63) is 39.7 Å². The Balaban J connectivity index is 2.06. The molecule has 0 amide bonds. The van der Waals surface area contributed by atoms with Crippen molar-refractivity contribution in [2.24, 2.45) is 5.92 Å². The monoisotopic (exact) mass is 318 g/mol. The maximum atomic E-state index is 12.6. The molecule has 1 heterocycles. The Bertz CT molecular complexity index is 983. The molecule has 2 bridgehead atoms. The summed E-state index contributed by atoms with van der Waals surface area (Å²) in [6, 6.07) is 4.18. The van der Waals surface area contributed by atoms with Crippen LogP contribution >= 0.6 is 0 Å². The molecule has 1 aromatic heterocycles. The van der Waals surface area contributed by atoms with Crippen molar-refractivity contribution < 1.29 is 17.6 Å². The number of hydrogen-bond donors (Lipinski definition) is 0. The Morgan fingerprint density at radius 3 is 2.59 bits per heavy atom. The van der Waals surface area contributed by atoms with Gasteiger partial charge in [0.05, 0.1) is 10.3 Å². The molecule has 2 aromatic rings. The van der Waals surface area contributed by atoms with Crippen LogP contribution in [0, 0.1) is 5.92 Å². The van der Waals surface area contributed by atoms with Crippen LogP contribution in [-0.4, -0.2) is 20.5 Å². The normalized spacial score (nSPS) is 23.8. The van der Waals surface area contributed by atoms with Gasteiger partial charge in [-0.15, -0.1) is 0 Å². The molecule has 5 nitrogen and oxygen atoms in total. The van der Waals surface area contributed by atoms with Crippen LogP contribution in [-0.2, 0) is 9.84 Å². The van der Waals surface area contributed by atoms with Crippen LogP contribution in [0.4, 0.5) is 0 Å². The van der Waals surface area contributed by atoms with Gasteiger partial charge in [0, 0.05) is 24.2 Å². The lowest BCUT2D eigenvalue weighted by molar-refractivity contribution is 0.0907. The number of rotatable bonds is 1. The molecule has 22 heavy (non-hydrogen) atoms. The Kier molecular flexibility index (Phi) is 2.67.